The van der Waals surface area contributed by atoms with E-state index in [4.69, 9.17) is 16.3 Å². The van der Waals surface area contributed by atoms with Gasteiger partial charge >= 0.3 is 0 Å². The van der Waals surface area contributed by atoms with Crippen LogP contribution in [-0.4, -0.2) is 51.4 Å². The molecule has 3 aromatic carbocycles. The van der Waals surface area contributed by atoms with Gasteiger partial charge in [-0.1, -0.05) is 48.4 Å². The minimum absolute atomic E-state index is 0.0513. The third-order valence-electron chi connectivity index (χ3n) is 6.54. The Morgan fingerprint density at radius 3 is 2.30 bits per heavy atom. The van der Waals surface area contributed by atoms with Crippen molar-refractivity contribution >= 4 is 39.1 Å². The molecule has 1 atom stereocenters. The van der Waals surface area contributed by atoms with E-state index in [9.17, 15) is 18.0 Å². The van der Waals surface area contributed by atoms with Crippen molar-refractivity contribution in [3.05, 3.63) is 88.4 Å². The number of nitrogens with zero attached hydrogens (tertiary/aromatic N) is 2. The predicted octanol–water partition coefficient (Wildman–Crippen LogP) is 5.10. The van der Waals surface area contributed by atoms with Gasteiger partial charge in [0.05, 0.1) is 17.7 Å². The normalized spacial score (nSPS) is 11.9. The van der Waals surface area contributed by atoms with Crippen molar-refractivity contribution in [1.82, 2.24) is 10.2 Å². The number of methoxy groups -OCH3 is 1. The zero-order valence-corrected chi connectivity index (χ0v) is 25.1. The van der Waals surface area contributed by atoms with Crippen molar-refractivity contribution in [1.29, 1.82) is 0 Å². The molecule has 0 saturated carbocycles. The maximum atomic E-state index is 14.1. The van der Waals surface area contributed by atoms with Gasteiger partial charge in [-0.3, -0.25) is 13.9 Å². The Bertz CT molecular complexity index is 1440. The second-order valence-corrected chi connectivity index (χ2v) is 11.7. The van der Waals surface area contributed by atoms with Crippen LogP contribution in [0, 0.1) is 13.8 Å². The van der Waals surface area contributed by atoms with Gasteiger partial charge in [0, 0.05) is 18.1 Å². The van der Waals surface area contributed by atoms with E-state index in [1.165, 1.54) is 17.0 Å². The lowest BCUT2D eigenvalue weighted by Gasteiger charge is -2.33. The molecule has 0 fully saturated rings. The molecule has 2 amide bonds. The molecule has 0 aliphatic heterocycles. The fourth-order valence-electron chi connectivity index (χ4n) is 4.43. The number of rotatable bonds is 12. The first-order valence-corrected chi connectivity index (χ1v) is 14.9. The van der Waals surface area contributed by atoms with Crippen molar-refractivity contribution in [3.63, 3.8) is 0 Å². The first kappa shape index (κ1) is 31.0. The minimum atomic E-state index is -4.16. The summed E-state index contributed by atoms with van der Waals surface area (Å²) >= 11 is 6.17. The van der Waals surface area contributed by atoms with E-state index in [0.29, 0.717) is 35.0 Å². The molecule has 0 unspecified atom stereocenters. The molecule has 8 nitrogen and oxygen atoms in total. The molecule has 0 aliphatic carbocycles. The van der Waals surface area contributed by atoms with Gasteiger partial charge in [0.1, 0.15) is 18.3 Å². The fourth-order valence-corrected chi connectivity index (χ4v) is 6.13. The van der Waals surface area contributed by atoms with Crippen molar-refractivity contribution in [2.24, 2.45) is 0 Å². The van der Waals surface area contributed by atoms with Crippen LogP contribution in [0.3, 0.4) is 0 Å². The summed E-state index contributed by atoms with van der Waals surface area (Å²) in [7, 11) is -2.61. The summed E-state index contributed by atoms with van der Waals surface area (Å²) in [5.41, 5.74) is 2.56. The van der Waals surface area contributed by atoms with Gasteiger partial charge in [0.15, 0.2) is 0 Å². The van der Waals surface area contributed by atoms with Crippen molar-refractivity contribution in [2.45, 2.75) is 51.6 Å². The van der Waals surface area contributed by atoms with E-state index in [1.807, 2.05) is 19.9 Å². The maximum absolute atomic E-state index is 14.1. The molecular weight excluding hydrogens is 550 g/mol. The number of anilines is 1. The van der Waals surface area contributed by atoms with Gasteiger partial charge < -0.3 is 15.0 Å². The lowest BCUT2D eigenvalue weighted by Crippen LogP contribution is -2.52. The summed E-state index contributed by atoms with van der Waals surface area (Å²) in [6, 6.07) is 17.7. The van der Waals surface area contributed by atoms with E-state index in [1.54, 1.807) is 69.5 Å². The molecule has 0 bridgehead atoms. The Kier molecular flexibility index (Phi) is 10.6. The standard InChI is InChI=1S/C30H36ClN3O5S/c1-6-27(30(36)32-7-2)33(19-23-9-8-10-25(18-23)39-5)29(35)20-34(28-16-13-24(31)17-22(28)4)40(37,38)26-14-11-21(3)12-15-26/h8-18,27H,6-7,19-20H2,1-5H3,(H,32,36)/t27-/m1/s1. The molecule has 40 heavy (non-hydrogen) atoms. The molecule has 0 radical (unpaired) electrons. The number of hydrogen-bond acceptors (Lipinski definition) is 5. The predicted molar refractivity (Wildman–Crippen MR) is 158 cm³/mol. The minimum Gasteiger partial charge on any atom is -0.497 e. The Labute approximate surface area is 241 Å². The van der Waals surface area contributed by atoms with Crippen LogP contribution >= 0.6 is 11.6 Å². The average Bonchev–Trinajstić information content (AvgIpc) is 2.92. The quantitative estimate of drug-likeness (QED) is 0.319. The molecular formula is C30H36ClN3O5S. The number of benzene rings is 3. The summed E-state index contributed by atoms with van der Waals surface area (Å²) in [5.74, 6) is -0.223. The zero-order chi connectivity index (χ0) is 29.4. The Hall–Kier alpha value is -3.56. The van der Waals surface area contributed by atoms with Crippen molar-refractivity contribution < 1.29 is 22.7 Å². The number of sulfonamides is 1. The Morgan fingerprint density at radius 1 is 1.00 bits per heavy atom. The molecule has 0 heterocycles. The summed E-state index contributed by atoms with van der Waals surface area (Å²) < 4.78 is 34.4. The van der Waals surface area contributed by atoms with Crippen LogP contribution in [0.15, 0.2) is 71.6 Å². The number of ether oxygens (including phenoxy) is 1. The third kappa shape index (κ3) is 7.34. The number of hydrogen-bond donors (Lipinski definition) is 1. The van der Waals surface area contributed by atoms with Crippen LogP contribution in [-0.2, 0) is 26.2 Å². The number of aryl methyl sites for hydroxylation is 2. The van der Waals surface area contributed by atoms with Gasteiger partial charge in [-0.25, -0.2) is 8.42 Å². The molecule has 3 aromatic rings. The number of halogens is 1. The first-order valence-electron chi connectivity index (χ1n) is 13.1. The summed E-state index contributed by atoms with van der Waals surface area (Å²) in [4.78, 5) is 28.6. The highest BCUT2D eigenvalue weighted by Gasteiger charge is 2.34. The largest absolute Gasteiger partial charge is 0.497 e. The SMILES string of the molecule is CCNC(=O)[C@@H](CC)N(Cc1cccc(OC)c1)C(=O)CN(c1ccc(Cl)cc1C)S(=O)(=O)c1ccc(C)cc1. The van der Waals surface area contributed by atoms with E-state index in [2.05, 4.69) is 5.32 Å². The second kappa shape index (κ2) is 13.7. The van der Waals surface area contributed by atoms with E-state index in [-0.39, 0.29) is 17.3 Å². The molecule has 3 rings (SSSR count). The van der Waals surface area contributed by atoms with E-state index in [0.717, 1.165) is 15.4 Å². The number of nitrogens with one attached hydrogen (secondary N) is 1. The third-order valence-corrected chi connectivity index (χ3v) is 8.55. The van der Waals surface area contributed by atoms with Gasteiger partial charge in [0.2, 0.25) is 11.8 Å². The Morgan fingerprint density at radius 2 is 1.70 bits per heavy atom. The molecule has 214 valence electrons. The Balaban J connectivity index is 2.10. The molecule has 10 heteroatoms. The van der Waals surface area contributed by atoms with Crippen LogP contribution in [0.5, 0.6) is 5.75 Å². The van der Waals surface area contributed by atoms with Gasteiger partial charge in [-0.2, -0.15) is 0 Å². The summed E-state index contributed by atoms with van der Waals surface area (Å²) in [6.07, 6.45) is 0.340. The first-order chi connectivity index (χ1) is 19.0. The van der Waals surface area contributed by atoms with E-state index < -0.39 is 28.5 Å². The van der Waals surface area contributed by atoms with Crippen molar-refractivity contribution in [2.75, 3.05) is 24.5 Å². The number of carbonyl (C=O) groups excluding carboxylic acids is 2. The van der Waals surface area contributed by atoms with Gasteiger partial charge in [-0.05, 0) is 80.8 Å². The highest BCUT2D eigenvalue weighted by Crippen LogP contribution is 2.30. The topological polar surface area (TPSA) is 96.0 Å². The van der Waals surface area contributed by atoms with Crippen molar-refractivity contribution in [3.8, 4) is 5.75 Å². The number of carbonyl (C=O) groups is 2. The second-order valence-electron chi connectivity index (χ2n) is 9.45. The van der Waals surface area contributed by atoms with Gasteiger partial charge in [-0.15, -0.1) is 0 Å². The number of likely N-dealkylation sites (N-methyl/N-ethyl adjacent to an activating group) is 1. The number of amides is 2. The highest BCUT2D eigenvalue weighted by atomic mass is 35.5. The summed E-state index contributed by atoms with van der Waals surface area (Å²) in [6.45, 7) is 7.19. The monoisotopic (exact) mass is 585 g/mol. The van der Waals surface area contributed by atoms with Crippen LogP contribution < -0.4 is 14.4 Å². The van der Waals surface area contributed by atoms with Crippen LogP contribution in [0.2, 0.25) is 5.02 Å². The molecule has 0 saturated heterocycles. The van der Waals surface area contributed by atoms with Gasteiger partial charge in [0.25, 0.3) is 10.0 Å². The van der Waals surface area contributed by atoms with E-state index >= 15 is 0 Å². The van der Waals surface area contributed by atoms with Crippen LogP contribution in [0.4, 0.5) is 5.69 Å². The molecule has 0 aromatic heterocycles. The molecule has 0 spiro atoms. The lowest BCUT2D eigenvalue weighted by molar-refractivity contribution is -0.140. The molecule has 0 aliphatic rings. The smallest absolute Gasteiger partial charge is 0.264 e. The zero-order valence-electron chi connectivity index (χ0n) is 23.5. The van der Waals surface area contributed by atoms with Crippen LogP contribution in [0.25, 0.3) is 0 Å². The molecule has 1 N–H and O–H groups in total. The highest BCUT2D eigenvalue weighted by molar-refractivity contribution is 7.92. The maximum Gasteiger partial charge on any atom is 0.264 e. The fraction of sp³-hybridized carbons (Fsp3) is 0.333. The lowest BCUT2D eigenvalue weighted by atomic mass is 10.1. The average molecular weight is 586 g/mol. The summed E-state index contributed by atoms with van der Waals surface area (Å²) in [5, 5.41) is 3.24. The van der Waals surface area contributed by atoms with Crippen LogP contribution in [0.1, 0.15) is 37.0 Å².